The van der Waals surface area contributed by atoms with Crippen LogP contribution >= 0.6 is 0 Å². The van der Waals surface area contributed by atoms with Gasteiger partial charge in [-0.05, 0) is 6.42 Å². The molecule has 0 amide bonds. The minimum absolute atomic E-state index is 0.110. The number of rotatable bonds is 6. The highest BCUT2D eigenvalue weighted by Gasteiger charge is 1.95. The third-order valence-electron chi connectivity index (χ3n) is 0.907. The van der Waals surface area contributed by atoms with E-state index in [1.807, 2.05) is 0 Å². The summed E-state index contributed by atoms with van der Waals surface area (Å²) in [4.78, 5) is 9.91. The fourth-order valence-electron chi connectivity index (χ4n) is 0.486. The molecule has 0 aliphatic rings. The Morgan fingerprint density at radius 3 is 2.60 bits per heavy atom. The van der Waals surface area contributed by atoms with E-state index in [4.69, 9.17) is 9.84 Å². The molecule has 1 N–H and O–H groups in total. The largest absolute Gasteiger partial charge is 0.481 e. The van der Waals surface area contributed by atoms with Gasteiger partial charge in [-0.15, -0.1) is 0 Å². The van der Waals surface area contributed by atoms with Crippen molar-refractivity contribution in [3.63, 3.8) is 0 Å². The smallest absolute Gasteiger partial charge is 0.303 e. The maximum Gasteiger partial charge on any atom is 0.303 e. The summed E-state index contributed by atoms with van der Waals surface area (Å²) in [6, 6.07) is 0. The normalized spacial score (nSPS) is 9.70. The highest BCUT2D eigenvalue weighted by Crippen LogP contribution is 1.88. The minimum Gasteiger partial charge on any atom is -0.481 e. The summed E-state index contributed by atoms with van der Waals surface area (Å²) >= 11 is 0. The second-order valence-corrected chi connectivity index (χ2v) is 1.81. The predicted molar refractivity (Wildman–Crippen MR) is 33.2 cm³/mol. The molecule has 0 spiro atoms. The van der Waals surface area contributed by atoms with Gasteiger partial charge in [0.25, 0.3) is 0 Å². The maximum atomic E-state index is 9.91. The molecule has 4 nitrogen and oxygen atoms in total. The van der Waals surface area contributed by atoms with Gasteiger partial charge in [-0.3, -0.25) is 4.79 Å². The van der Waals surface area contributed by atoms with Crippen molar-refractivity contribution in [1.82, 2.24) is 0 Å². The summed E-state index contributed by atoms with van der Waals surface area (Å²) in [5.41, 5.74) is 0. The van der Waals surface area contributed by atoms with E-state index >= 15 is 0 Å². The fourth-order valence-corrected chi connectivity index (χ4v) is 0.486. The molecule has 0 heterocycles. The van der Waals surface area contributed by atoms with Crippen molar-refractivity contribution in [2.75, 3.05) is 19.8 Å². The summed E-state index contributed by atoms with van der Waals surface area (Å²) in [7, 11) is 0. The highest BCUT2D eigenvalue weighted by molar-refractivity contribution is 5.66. The number of carboxylic acids is 1. The van der Waals surface area contributed by atoms with E-state index in [0.29, 0.717) is 13.0 Å². The third-order valence-corrected chi connectivity index (χ3v) is 0.907. The Hall–Kier alpha value is -0.610. The molecule has 0 aromatic carbocycles. The molecule has 10 heavy (non-hydrogen) atoms. The van der Waals surface area contributed by atoms with E-state index in [0.717, 1.165) is 0 Å². The van der Waals surface area contributed by atoms with Crippen LogP contribution in [0.3, 0.4) is 0 Å². The quantitative estimate of drug-likeness (QED) is 0.549. The van der Waals surface area contributed by atoms with Crippen molar-refractivity contribution in [3.05, 3.63) is 0 Å². The number of hydrogen-bond acceptors (Lipinski definition) is 2. The van der Waals surface area contributed by atoms with Crippen molar-refractivity contribution in [3.8, 4) is 0 Å². The molecule has 0 aliphatic heterocycles. The van der Waals surface area contributed by atoms with Crippen LogP contribution in [0.4, 0.5) is 0 Å². The van der Waals surface area contributed by atoms with Gasteiger partial charge in [0.15, 0.2) is 0 Å². The summed E-state index contributed by atoms with van der Waals surface area (Å²) in [6.45, 7) is 0.293. The zero-order valence-corrected chi connectivity index (χ0v) is 5.71. The van der Waals surface area contributed by atoms with Gasteiger partial charge >= 0.3 is 5.97 Å². The lowest BCUT2D eigenvalue weighted by Crippen LogP contribution is -2.02. The molecule has 0 aromatic heterocycles. The van der Waals surface area contributed by atoms with Crippen molar-refractivity contribution >= 4 is 5.97 Å². The summed E-state index contributed by atoms with van der Waals surface area (Å²) in [5, 5.41) is 17.9. The Bertz CT molecular complexity index is 91.7. The van der Waals surface area contributed by atoms with E-state index in [2.05, 4.69) is 0 Å². The third kappa shape index (κ3) is 7.39. The Balaban J connectivity index is 2.84. The molecule has 1 radical (unpaired) electrons. The van der Waals surface area contributed by atoms with Gasteiger partial charge in [0.05, 0.1) is 6.61 Å². The first-order valence-electron chi connectivity index (χ1n) is 3.15. The molecule has 0 aliphatic carbocycles. The molecule has 0 saturated carbocycles. The molecule has 0 atom stereocenters. The maximum absolute atomic E-state index is 9.91. The number of hydrogen-bond donors (Lipinski definition) is 1. The molecular formula is C6H11O4. The van der Waals surface area contributed by atoms with E-state index in [-0.39, 0.29) is 19.6 Å². The van der Waals surface area contributed by atoms with Gasteiger partial charge in [0.1, 0.15) is 6.61 Å². The van der Waals surface area contributed by atoms with Gasteiger partial charge in [-0.2, -0.15) is 0 Å². The van der Waals surface area contributed by atoms with Crippen molar-refractivity contribution in [2.45, 2.75) is 12.8 Å². The molecule has 0 bridgehead atoms. The first-order chi connectivity index (χ1) is 4.77. The monoisotopic (exact) mass is 147 g/mol. The van der Waals surface area contributed by atoms with E-state index in [1.54, 1.807) is 0 Å². The Morgan fingerprint density at radius 2 is 2.10 bits per heavy atom. The zero-order chi connectivity index (χ0) is 7.82. The topological polar surface area (TPSA) is 66.4 Å². The van der Waals surface area contributed by atoms with Gasteiger partial charge in [-0.25, -0.2) is 5.11 Å². The molecule has 0 saturated heterocycles. The lowest BCUT2D eigenvalue weighted by atomic mass is 10.3. The SMILES string of the molecule is [O]CCOCCCC(=O)O. The Kier molecular flexibility index (Phi) is 6.11. The van der Waals surface area contributed by atoms with Crippen LogP contribution in [0.5, 0.6) is 0 Å². The van der Waals surface area contributed by atoms with Crippen LogP contribution in [0, 0.1) is 0 Å². The first kappa shape index (κ1) is 9.39. The summed E-state index contributed by atoms with van der Waals surface area (Å²) in [5.74, 6) is -0.828. The van der Waals surface area contributed by atoms with Crippen LogP contribution in [0.25, 0.3) is 0 Å². The second-order valence-electron chi connectivity index (χ2n) is 1.81. The molecule has 0 fully saturated rings. The summed E-state index contributed by atoms with van der Waals surface area (Å²) in [6.07, 6.45) is 0.591. The van der Waals surface area contributed by atoms with Gasteiger partial charge in [0, 0.05) is 13.0 Å². The Labute approximate surface area is 59.4 Å². The van der Waals surface area contributed by atoms with Gasteiger partial charge in [-0.1, -0.05) is 0 Å². The molecule has 4 heteroatoms. The average molecular weight is 147 g/mol. The zero-order valence-electron chi connectivity index (χ0n) is 5.71. The number of aliphatic carboxylic acids is 1. The van der Waals surface area contributed by atoms with Crippen molar-refractivity contribution in [1.29, 1.82) is 0 Å². The van der Waals surface area contributed by atoms with E-state index < -0.39 is 5.97 Å². The average Bonchev–Trinajstić information content (AvgIpc) is 1.87. The Morgan fingerprint density at radius 1 is 1.40 bits per heavy atom. The van der Waals surface area contributed by atoms with Crippen LogP contribution in [0.2, 0.25) is 0 Å². The molecule has 0 aromatic rings. The molecule has 0 unspecified atom stereocenters. The molecule has 59 valence electrons. The standard InChI is InChI=1S/C6H11O4/c7-3-5-10-4-1-2-6(8)9/h1-5H2,(H,8,9). The van der Waals surface area contributed by atoms with Crippen molar-refractivity contribution in [2.24, 2.45) is 0 Å². The van der Waals surface area contributed by atoms with Crippen LogP contribution in [0.15, 0.2) is 0 Å². The molecule has 0 rings (SSSR count). The van der Waals surface area contributed by atoms with Crippen LogP contribution < -0.4 is 0 Å². The number of carbonyl (C=O) groups is 1. The number of ether oxygens (including phenoxy) is 1. The van der Waals surface area contributed by atoms with E-state index in [1.165, 1.54) is 0 Å². The first-order valence-corrected chi connectivity index (χ1v) is 3.15. The highest BCUT2D eigenvalue weighted by atomic mass is 16.5. The molecular weight excluding hydrogens is 136 g/mol. The van der Waals surface area contributed by atoms with Gasteiger partial charge in [0.2, 0.25) is 0 Å². The minimum atomic E-state index is -0.828. The van der Waals surface area contributed by atoms with E-state index in [9.17, 15) is 9.90 Å². The fraction of sp³-hybridized carbons (Fsp3) is 0.833. The lowest BCUT2D eigenvalue weighted by molar-refractivity contribution is -0.137. The summed E-state index contributed by atoms with van der Waals surface area (Å²) < 4.78 is 4.76. The van der Waals surface area contributed by atoms with Gasteiger partial charge < -0.3 is 9.84 Å². The van der Waals surface area contributed by atoms with Crippen LogP contribution in [-0.2, 0) is 14.6 Å². The van der Waals surface area contributed by atoms with Crippen LogP contribution in [0.1, 0.15) is 12.8 Å². The number of carboxylic acid groups (broad SMARTS) is 1. The second kappa shape index (κ2) is 6.51. The predicted octanol–water partition coefficient (Wildman–Crippen LogP) is 0.298. The van der Waals surface area contributed by atoms with Crippen molar-refractivity contribution < 1.29 is 19.7 Å². The van der Waals surface area contributed by atoms with Crippen LogP contribution in [-0.4, -0.2) is 30.9 Å². The lowest BCUT2D eigenvalue weighted by Gasteiger charge is -1.97.